The molecule has 1 fully saturated rings. The summed E-state index contributed by atoms with van der Waals surface area (Å²) in [4.78, 5) is 2.28. The van der Waals surface area contributed by atoms with E-state index in [9.17, 15) is 9.50 Å². The van der Waals surface area contributed by atoms with Crippen LogP contribution in [0.5, 0.6) is 5.75 Å². The molecule has 0 aromatic heterocycles. The van der Waals surface area contributed by atoms with Crippen molar-refractivity contribution in [3.63, 3.8) is 0 Å². The highest BCUT2D eigenvalue weighted by molar-refractivity contribution is 6.31. The number of ether oxygens (including phenoxy) is 2. The molecule has 0 aliphatic carbocycles. The van der Waals surface area contributed by atoms with Gasteiger partial charge in [-0.3, -0.25) is 4.90 Å². The fraction of sp³-hybridized carbons (Fsp3) is 0.368. The number of aliphatic hydroxyl groups is 1. The first kappa shape index (κ1) is 18.1. The number of aliphatic hydroxyl groups excluding tert-OH is 1. The Balaban J connectivity index is 1.72. The molecule has 1 aliphatic heterocycles. The van der Waals surface area contributed by atoms with Gasteiger partial charge in [-0.15, -0.1) is 0 Å². The first-order valence-electron chi connectivity index (χ1n) is 8.29. The molecule has 0 amide bonds. The van der Waals surface area contributed by atoms with E-state index >= 15 is 0 Å². The van der Waals surface area contributed by atoms with Gasteiger partial charge in [-0.2, -0.15) is 0 Å². The van der Waals surface area contributed by atoms with E-state index < -0.39 is 0 Å². The van der Waals surface area contributed by atoms with E-state index in [0.717, 1.165) is 32.8 Å². The number of nitrogens with zero attached hydrogens (tertiary/aromatic N) is 1. The molecule has 4 nitrogen and oxygen atoms in total. The van der Waals surface area contributed by atoms with Crippen LogP contribution in [0, 0.1) is 5.82 Å². The molecule has 134 valence electrons. The molecule has 25 heavy (non-hydrogen) atoms. The Morgan fingerprint density at radius 2 is 1.96 bits per heavy atom. The topological polar surface area (TPSA) is 41.9 Å². The Morgan fingerprint density at radius 1 is 1.16 bits per heavy atom. The van der Waals surface area contributed by atoms with Crippen molar-refractivity contribution in [1.82, 2.24) is 4.90 Å². The zero-order chi connectivity index (χ0) is 17.6. The Morgan fingerprint density at radius 3 is 2.72 bits per heavy atom. The van der Waals surface area contributed by atoms with E-state index in [1.165, 1.54) is 6.07 Å². The number of rotatable bonds is 6. The molecule has 1 saturated heterocycles. The van der Waals surface area contributed by atoms with Crippen molar-refractivity contribution >= 4 is 11.6 Å². The monoisotopic (exact) mass is 365 g/mol. The van der Waals surface area contributed by atoms with Gasteiger partial charge in [0.2, 0.25) is 0 Å². The third-order valence-electron chi connectivity index (χ3n) is 4.18. The Labute approximate surface area is 151 Å². The third kappa shape index (κ3) is 4.92. The number of halogens is 2. The summed E-state index contributed by atoms with van der Waals surface area (Å²) >= 11 is 6.17. The lowest BCUT2D eigenvalue weighted by molar-refractivity contribution is 0.0322. The molecule has 0 saturated carbocycles. The summed E-state index contributed by atoms with van der Waals surface area (Å²) < 4.78 is 25.3. The van der Waals surface area contributed by atoms with Gasteiger partial charge in [-0.25, -0.2) is 4.39 Å². The lowest BCUT2D eigenvalue weighted by atomic mass is 10.0. The minimum Gasteiger partial charge on any atom is -0.492 e. The highest BCUT2D eigenvalue weighted by atomic mass is 35.5. The number of morpholine rings is 1. The average molecular weight is 366 g/mol. The summed E-state index contributed by atoms with van der Waals surface area (Å²) in [6.45, 7) is 4.51. The zero-order valence-electron chi connectivity index (χ0n) is 13.9. The van der Waals surface area contributed by atoms with Gasteiger partial charge in [-0.1, -0.05) is 17.7 Å². The van der Waals surface area contributed by atoms with Gasteiger partial charge in [0.25, 0.3) is 0 Å². The van der Waals surface area contributed by atoms with Crippen LogP contribution in [0.25, 0.3) is 11.1 Å². The van der Waals surface area contributed by atoms with Gasteiger partial charge in [0.1, 0.15) is 18.2 Å². The summed E-state index contributed by atoms with van der Waals surface area (Å²) in [6, 6.07) is 9.71. The van der Waals surface area contributed by atoms with Crippen molar-refractivity contribution in [1.29, 1.82) is 0 Å². The van der Waals surface area contributed by atoms with Crippen molar-refractivity contribution < 1.29 is 19.0 Å². The van der Waals surface area contributed by atoms with E-state index in [-0.39, 0.29) is 12.4 Å². The molecular formula is C19H21ClFNO3. The van der Waals surface area contributed by atoms with E-state index in [1.807, 2.05) is 0 Å². The summed E-state index contributed by atoms with van der Waals surface area (Å²) in [5.74, 6) is 0.239. The minimum atomic E-state index is -0.362. The van der Waals surface area contributed by atoms with Crippen LogP contribution in [0.2, 0.25) is 5.02 Å². The van der Waals surface area contributed by atoms with E-state index in [1.54, 1.807) is 30.3 Å². The van der Waals surface area contributed by atoms with E-state index in [2.05, 4.69) is 4.90 Å². The van der Waals surface area contributed by atoms with Crippen LogP contribution in [0.15, 0.2) is 36.4 Å². The van der Waals surface area contributed by atoms with Gasteiger partial charge < -0.3 is 14.6 Å². The second kappa shape index (κ2) is 8.63. The molecule has 0 unspecified atom stereocenters. The van der Waals surface area contributed by atoms with Crippen LogP contribution < -0.4 is 4.74 Å². The van der Waals surface area contributed by atoms with Gasteiger partial charge in [0.15, 0.2) is 0 Å². The van der Waals surface area contributed by atoms with Crippen LogP contribution in [0.3, 0.4) is 0 Å². The summed E-state index contributed by atoms with van der Waals surface area (Å²) in [5.41, 5.74) is 1.67. The molecule has 0 radical (unpaired) electrons. The average Bonchev–Trinajstić information content (AvgIpc) is 2.62. The smallest absolute Gasteiger partial charge is 0.131 e. The fourth-order valence-electron chi connectivity index (χ4n) is 2.81. The standard InChI is InChI=1S/C19H21ClFNO3/c20-16-10-15(18-9-14(13-23)1-2-19(18)21)11-17(12-16)25-8-5-22-3-6-24-7-4-22/h1-2,9-12,23H,3-8,13H2. The Bertz CT molecular complexity index is 720. The van der Waals surface area contributed by atoms with Gasteiger partial charge in [0.05, 0.1) is 19.8 Å². The Hall–Kier alpha value is -1.66. The quantitative estimate of drug-likeness (QED) is 0.852. The first-order valence-corrected chi connectivity index (χ1v) is 8.66. The van der Waals surface area contributed by atoms with Crippen LogP contribution >= 0.6 is 11.6 Å². The zero-order valence-corrected chi connectivity index (χ0v) is 14.6. The van der Waals surface area contributed by atoms with Crippen molar-refractivity contribution in [2.75, 3.05) is 39.5 Å². The van der Waals surface area contributed by atoms with E-state index in [0.29, 0.717) is 34.1 Å². The predicted molar refractivity (Wildman–Crippen MR) is 95.5 cm³/mol. The lowest BCUT2D eigenvalue weighted by Crippen LogP contribution is -2.38. The van der Waals surface area contributed by atoms with Gasteiger partial charge in [0, 0.05) is 30.2 Å². The van der Waals surface area contributed by atoms with Crippen LogP contribution in [0.1, 0.15) is 5.56 Å². The van der Waals surface area contributed by atoms with Crippen LogP contribution in [-0.4, -0.2) is 49.5 Å². The fourth-order valence-corrected chi connectivity index (χ4v) is 3.04. The second-order valence-electron chi connectivity index (χ2n) is 5.95. The predicted octanol–water partition coefficient (Wildman–Crippen LogP) is 3.35. The van der Waals surface area contributed by atoms with Crippen molar-refractivity contribution in [3.8, 4) is 16.9 Å². The number of benzene rings is 2. The number of hydrogen-bond acceptors (Lipinski definition) is 4. The molecule has 0 spiro atoms. The van der Waals surface area contributed by atoms with Gasteiger partial charge in [-0.05, 0) is 41.5 Å². The molecule has 6 heteroatoms. The molecule has 0 bridgehead atoms. The third-order valence-corrected chi connectivity index (χ3v) is 4.39. The van der Waals surface area contributed by atoms with Gasteiger partial charge >= 0.3 is 0 Å². The molecule has 1 N–H and O–H groups in total. The van der Waals surface area contributed by atoms with Crippen LogP contribution in [0.4, 0.5) is 4.39 Å². The van der Waals surface area contributed by atoms with Crippen molar-refractivity contribution in [3.05, 3.63) is 52.8 Å². The molecule has 3 rings (SSSR count). The molecular weight excluding hydrogens is 345 g/mol. The maximum absolute atomic E-state index is 14.2. The molecule has 2 aromatic carbocycles. The molecule has 1 heterocycles. The van der Waals surface area contributed by atoms with Crippen molar-refractivity contribution in [2.24, 2.45) is 0 Å². The number of hydrogen-bond donors (Lipinski definition) is 1. The maximum atomic E-state index is 14.2. The van der Waals surface area contributed by atoms with E-state index in [4.69, 9.17) is 21.1 Å². The SMILES string of the molecule is OCc1ccc(F)c(-c2cc(Cl)cc(OCCN3CCOCC3)c2)c1. The summed E-state index contributed by atoms with van der Waals surface area (Å²) in [7, 11) is 0. The van der Waals surface area contributed by atoms with Crippen LogP contribution in [-0.2, 0) is 11.3 Å². The largest absolute Gasteiger partial charge is 0.492 e. The summed E-state index contributed by atoms with van der Waals surface area (Å²) in [6.07, 6.45) is 0. The highest BCUT2D eigenvalue weighted by Gasteiger charge is 2.12. The maximum Gasteiger partial charge on any atom is 0.131 e. The summed E-state index contributed by atoms with van der Waals surface area (Å²) in [5, 5.41) is 9.74. The molecule has 1 aliphatic rings. The minimum absolute atomic E-state index is 0.142. The normalized spacial score (nSPS) is 15.3. The first-order chi connectivity index (χ1) is 12.2. The Kier molecular flexibility index (Phi) is 6.26. The van der Waals surface area contributed by atoms with Crippen molar-refractivity contribution in [2.45, 2.75) is 6.61 Å². The second-order valence-corrected chi connectivity index (χ2v) is 6.39. The molecule has 0 atom stereocenters. The molecule has 2 aromatic rings. The lowest BCUT2D eigenvalue weighted by Gasteiger charge is -2.26. The highest BCUT2D eigenvalue weighted by Crippen LogP contribution is 2.31.